The summed E-state index contributed by atoms with van der Waals surface area (Å²) in [6.45, 7) is 1.96. The second-order valence-corrected chi connectivity index (χ2v) is 5.68. The van der Waals surface area contributed by atoms with Crippen LogP contribution in [-0.2, 0) is 0 Å². The van der Waals surface area contributed by atoms with Crippen molar-refractivity contribution < 1.29 is 9.47 Å². The van der Waals surface area contributed by atoms with Crippen LogP contribution >= 0.6 is 0 Å². The summed E-state index contributed by atoms with van der Waals surface area (Å²) >= 11 is 0. The van der Waals surface area contributed by atoms with Crippen LogP contribution in [-0.4, -0.2) is 30.8 Å². The van der Waals surface area contributed by atoms with E-state index in [0.29, 0.717) is 22.5 Å². The fourth-order valence-corrected chi connectivity index (χ4v) is 2.76. The number of methoxy groups -OCH3 is 2. The van der Waals surface area contributed by atoms with Gasteiger partial charge in [0.2, 0.25) is 0 Å². The SMILES string of the molecule is CNC(C)c1nc2c(OC)cccc2c(=O)n1-c1ccc(OC)cc1. The number of nitrogens with zero attached hydrogens (tertiary/aromatic N) is 2. The lowest BCUT2D eigenvalue weighted by molar-refractivity contribution is 0.414. The number of para-hydroxylation sites is 1. The third kappa shape index (κ3) is 2.96. The van der Waals surface area contributed by atoms with Crippen LogP contribution in [0.3, 0.4) is 0 Å². The molecule has 6 nitrogen and oxygen atoms in total. The van der Waals surface area contributed by atoms with Crippen molar-refractivity contribution in [1.82, 2.24) is 14.9 Å². The molecule has 1 unspecified atom stereocenters. The van der Waals surface area contributed by atoms with Crippen molar-refractivity contribution >= 4 is 10.9 Å². The van der Waals surface area contributed by atoms with Crippen molar-refractivity contribution in [3.8, 4) is 17.2 Å². The van der Waals surface area contributed by atoms with Gasteiger partial charge in [-0.25, -0.2) is 4.98 Å². The molecule has 0 aliphatic rings. The highest BCUT2D eigenvalue weighted by atomic mass is 16.5. The van der Waals surface area contributed by atoms with Crippen molar-refractivity contribution in [2.45, 2.75) is 13.0 Å². The Morgan fingerprint density at radius 3 is 2.40 bits per heavy atom. The third-order valence-electron chi connectivity index (χ3n) is 4.26. The summed E-state index contributed by atoms with van der Waals surface area (Å²) < 4.78 is 12.2. The summed E-state index contributed by atoms with van der Waals surface area (Å²) in [7, 11) is 5.02. The van der Waals surface area contributed by atoms with E-state index in [4.69, 9.17) is 14.5 Å². The number of hydrogen-bond acceptors (Lipinski definition) is 5. The van der Waals surface area contributed by atoms with Crippen LogP contribution in [0.1, 0.15) is 18.8 Å². The molecular weight excluding hydrogens is 318 g/mol. The highest BCUT2D eigenvalue weighted by molar-refractivity contribution is 5.84. The Labute approximate surface area is 146 Å². The molecule has 6 heteroatoms. The van der Waals surface area contributed by atoms with Crippen LogP contribution in [0.5, 0.6) is 11.5 Å². The zero-order valence-electron chi connectivity index (χ0n) is 14.7. The fraction of sp³-hybridized carbons (Fsp3) is 0.263. The van der Waals surface area contributed by atoms with Crippen molar-refractivity contribution in [2.75, 3.05) is 21.3 Å². The van der Waals surface area contributed by atoms with Crippen LogP contribution in [0.4, 0.5) is 0 Å². The molecule has 3 rings (SSSR count). The Bertz CT molecular complexity index is 949. The second-order valence-electron chi connectivity index (χ2n) is 5.68. The zero-order chi connectivity index (χ0) is 18.0. The van der Waals surface area contributed by atoms with Crippen LogP contribution in [0, 0.1) is 0 Å². The fourth-order valence-electron chi connectivity index (χ4n) is 2.76. The summed E-state index contributed by atoms with van der Waals surface area (Å²) in [5.41, 5.74) is 1.17. The van der Waals surface area contributed by atoms with Gasteiger partial charge in [0.25, 0.3) is 5.56 Å². The van der Waals surface area contributed by atoms with Crippen molar-refractivity contribution in [3.63, 3.8) is 0 Å². The summed E-state index contributed by atoms with van der Waals surface area (Å²) in [6, 6.07) is 12.6. The first-order valence-electron chi connectivity index (χ1n) is 8.02. The number of ether oxygens (including phenoxy) is 2. The van der Waals surface area contributed by atoms with E-state index >= 15 is 0 Å². The van der Waals surface area contributed by atoms with Crippen LogP contribution in [0.25, 0.3) is 16.6 Å². The lowest BCUT2D eigenvalue weighted by atomic mass is 10.2. The second kappa shape index (κ2) is 6.94. The molecule has 1 aromatic heterocycles. The quantitative estimate of drug-likeness (QED) is 0.774. The Balaban J connectivity index is 2.35. The predicted octanol–water partition coefficient (Wildman–Crippen LogP) is 2.68. The summed E-state index contributed by atoms with van der Waals surface area (Å²) in [4.78, 5) is 17.9. The normalized spacial score (nSPS) is 12.2. The van der Waals surface area contributed by atoms with E-state index < -0.39 is 0 Å². The van der Waals surface area contributed by atoms with Gasteiger partial charge in [-0.1, -0.05) is 6.07 Å². The summed E-state index contributed by atoms with van der Waals surface area (Å²) in [6.07, 6.45) is 0. The number of nitrogens with one attached hydrogen (secondary N) is 1. The van der Waals surface area contributed by atoms with Gasteiger partial charge < -0.3 is 14.8 Å². The lowest BCUT2D eigenvalue weighted by Crippen LogP contribution is -2.28. The minimum absolute atomic E-state index is 0.121. The Hall–Kier alpha value is -2.86. The molecule has 0 bridgehead atoms. The molecule has 3 aromatic rings. The van der Waals surface area contributed by atoms with E-state index in [1.165, 1.54) is 0 Å². The maximum absolute atomic E-state index is 13.2. The van der Waals surface area contributed by atoms with E-state index in [1.54, 1.807) is 37.0 Å². The Morgan fingerprint density at radius 2 is 1.80 bits per heavy atom. The Morgan fingerprint density at radius 1 is 1.08 bits per heavy atom. The first-order chi connectivity index (χ1) is 12.1. The molecule has 0 spiro atoms. The molecule has 0 fully saturated rings. The number of benzene rings is 2. The molecule has 0 aliphatic carbocycles. The molecular formula is C19H21N3O3. The van der Waals surface area contributed by atoms with Gasteiger partial charge in [-0.2, -0.15) is 0 Å². The molecule has 0 saturated carbocycles. The molecule has 2 aromatic carbocycles. The van der Waals surface area contributed by atoms with Gasteiger partial charge in [0, 0.05) is 0 Å². The number of fused-ring (bicyclic) bond motifs is 1. The van der Waals surface area contributed by atoms with E-state index in [-0.39, 0.29) is 11.6 Å². The van der Waals surface area contributed by atoms with Crippen LogP contribution in [0.15, 0.2) is 47.3 Å². The molecule has 1 N–H and O–H groups in total. The standard InChI is InChI=1S/C19H21N3O3/c1-12(20-2)18-21-17-15(6-5-7-16(17)25-4)19(23)22(18)13-8-10-14(24-3)11-9-13/h5-12,20H,1-4H3. The molecule has 0 radical (unpaired) electrons. The third-order valence-corrected chi connectivity index (χ3v) is 4.26. The molecule has 0 saturated heterocycles. The lowest BCUT2D eigenvalue weighted by Gasteiger charge is -2.19. The van der Waals surface area contributed by atoms with Crippen molar-refractivity contribution in [2.24, 2.45) is 0 Å². The molecule has 0 amide bonds. The first-order valence-corrected chi connectivity index (χ1v) is 8.02. The average molecular weight is 339 g/mol. The van der Waals surface area contributed by atoms with E-state index in [1.807, 2.05) is 38.2 Å². The minimum atomic E-state index is -0.133. The molecule has 1 heterocycles. The van der Waals surface area contributed by atoms with Gasteiger partial charge in [0.1, 0.15) is 22.8 Å². The van der Waals surface area contributed by atoms with E-state index in [9.17, 15) is 4.79 Å². The van der Waals surface area contributed by atoms with Gasteiger partial charge >= 0.3 is 0 Å². The van der Waals surface area contributed by atoms with Gasteiger partial charge in [-0.15, -0.1) is 0 Å². The summed E-state index contributed by atoms with van der Waals surface area (Å²) in [5, 5.41) is 3.67. The van der Waals surface area contributed by atoms with Gasteiger partial charge in [0.05, 0.1) is 31.3 Å². The maximum Gasteiger partial charge on any atom is 0.266 e. The highest BCUT2D eigenvalue weighted by Crippen LogP contribution is 2.25. The average Bonchev–Trinajstić information content (AvgIpc) is 2.67. The predicted molar refractivity (Wildman–Crippen MR) is 97.9 cm³/mol. The topological polar surface area (TPSA) is 65.4 Å². The maximum atomic E-state index is 13.2. The van der Waals surface area contributed by atoms with Crippen LogP contribution in [0.2, 0.25) is 0 Å². The van der Waals surface area contributed by atoms with Crippen LogP contribution < -0.4 is 20.3 Å². The molecule has 25 heavy (non-hydrogen) atoms. The molecule has 1 atom stereocenters. The number of hydrogen-bond donors (Lipinski definition) is 1. The van der Waals surface area contributed by atoms with Crippen molar-refractivity contribution in [3.05, 3.63) is 58.6 Å². The Kier molecular flexibility index (Phi) is 4.72. The molecule has 130 valence electrons. The zero-order valence-corrected chi connectivity index (χ0v) is 14.7. The smallest absolute Gasteiger partial charge is 0.266 e. The van der Waals surface area contributed by atoms with Crippen molar-refractivity contribution in [1.29, 1.82) is 0 Å². The molecule has 0 aliphatic heterocycles. The summed E-state index contributed by atoms with van der Waals surface area (Å²) in [5.74, 6) is 1.94. The van der Waals surface area contributed by atoms with Gasteiger partial charge in [0.15, 0.2) is 0 Å². The van der Waals surface area contributed by atoms with E-state index in [2.05, 4.69) is 5.32 Å². The monoisotopic (exact) mass is 339 g/mol. The number of aromatic nitrogens is 2. The highest BCUT2D eigenvalue weighted by Gasteiger charge is 2.18. The largest absolute Gasteiger partial charge is 0.497 e. The van der Waals surface area contributed by atoms with E-state index in [0.717, 1.165) is 11.4 Å². The first kappa shape index (κ1) is 17.0. The van der Waals surface area contributed by atoms with Gasteiger partial charge in [-0.05, 0) is 50.4 Å². The minimum Gasteiger partial charge on any atom is -0.497 e. The van der Waals surface area contributed by atoms with Gasteiger partial charge in [-0.3, -0.25) is 9.36 Å². The number of rotatable bonds is 5.